The molecule has 0 fully saturated rings. The van der Waals surface area contributed by atoms with E-state index in [1.54, 1.807) is 0 Å². The van der Waals surface area contributed by atoms with E-state index in [0.717, 1.165) is 12.2 Å². The molecular weight excluding hydrogens is 361 g/mol. The Kier molecular flexibility index (Phi) is 7.88. The van der Waals surface area contributed by atoms with Crippen LogP contribution in [0.4, 0.5) is 0 Å². The van der Waals surface area contributed by atoms with Crippen molar-refractivity contribution in [3.8, 4) is 0 Å². The SMILES string of the molecule is [N-]=[N+]=NCCCC(=O)SCCc1ccccc1I. The van der Waals surface area contributed by atoms with Gasteiger partial charge in [-0.1, -0.05) is 35.1 Å². The van der Waals surface area contributed by atoms with Crippen molar-refractivity contribution in [2.24, 2.45) is 5.11 Å². The van der Waals surface area contributed by atoms with Crippen molar-refractivity contribution >= 4 is 39.5 Å². The maximum Gasteiger partial charge on any atom is 0.188 e. The first-order chi connectivity index (χ1) is 8.74. The minimum Gasteiger partial charge on any atom is -0.287 e. The van der Waals surface area contributed by atoms with Crippen LogP contribution in [0.15, 0.2) is 29.4 Å². The molecule has 0 aromatic heterocycles. The van der Waals surface area contributed by atoms with Crippen LogP contribution >= 0.6 is 34.4 Å². The fourth-order valence-corrected chi connectivity index (χ4v) is 2.88. The maximum absolute atomic E-state index is 11.5. The fourth-order valence-electron chi connectivity index (χ4n) is 1.39. The zero-order chi connectivity index (χ0) is 13.2. The highest BCUT2D eigenvalue weighted by Gasteiger charge is 2.04. The molecule has 18 heavy (non-hydrogen) atoms. The van der Waals surface area contributed by atoms with Crippen LogP contribution < -0.4 is 0 Å². The standard InChI is InChI=1S/C12H14IN3OS/c13-11-5-2-1-4-10(11)7-9-18-12(17)6-3-8-15-16-14/h1-2,4-5H,3,6-9H2. The van der Waals surface area contributed by atoms with Crippen LogP contribution in [0.3, 0.4) is 0 Å². The summed E-state index contributed by atoms with van der Waals surface area (Å²) in [5, 5.41) is 3.58. The summed E-state index contributed by atoms with van der Waals surface area (Å²) in [5.41, 5.74) is 9.38. The van der Waals surface area contributed by atoms with E-state index < -0.39 is 0 Å². The van der Waals surface area contributed by atoms with Crippen molar-refractivity contribution < 1.29 is 4.79 Å². The number of carbonyl (C=O) groups excluding carboxylic acids is 1. The molecule has 1 rings (SSSR count). The second kappa shape index (κ2) is 9.24. The summed E-state index contributed by atoms with van der Waals surface area (Å²) in [6, 6.07) is 8.19. The summed E-state index contributed by atoms with van der Waals surface area (Å²) in [7, 11) is 0. The van der Waals surface area contributed by atoms with Crippen molar-refractivity contribution in [2.75, 3.05) is 12.3 Å². The highest BCUT2D eigenvalue weighted by Crippen LogP contribution is 2.15. The molecule has 0 heterocycles. The molecule has 0 radical (unpaired) electrons. The monoisotopic (exact) mass is 375 g/mol. The Morgan fingerprint density at radius 3 is 2.94 bits per heavy atom. The largest absolute Gasteiger partial charge is 0.287 e. The Labute approximate surface area is 124 Å². The molecule has 96 valence electrons. The minimum atomic E-state index is 0.175. The molecule has 0 saturated heterocycles. The zero-order valence-electron chi connectivity index (χ0n) is 9.88. The predicted molar refractivity (Wildman–Crippen MR) is 83.6 cm³/mol. The number of hydrogen-bond acceptors (Lipinski definition) is 3. The molecule has 0 N–H and O–H groups in total. The smallest absolute Gasteiger partial charge is 0.188 e. The van der Waals surface area contributed by atoms with Crippen LogP contribution in [0.1, 0.15) is 18.4 Å². The van der Waals surface area contributed by atoms with Gasteiger partial charge in [-0.2, -0.15) is 0 Å². The Balaban J connectivity index is 2.19. The van der Waals surface area contributed by atoms with Gasteiger partial charge < -0.3 is 0 Å². The number of carbonyl (C=O) groups is 1. The van der Waals surface area contributed by atoms with Gasteiger partial charge in [0.2, 0.25) is 0 Å². The summed E-state index contributed by atoms with van der Waals surface area (Å²) in [6.07, 6.45) is 2.03. The molecular formula is C12H14IN3OS. The van der Waals surface area contributed by atoms with E-state index in [1.165, 1.54) is 20.9 Å². The van der Waals surface area contributed by atoms with Crippen molar-refractivity contribution in [1.29, 1.82) is 0 Å². The first kappa shape index (κ1) is 15.3. The van der Waals surface area contributed by atoms with Crippen LogP contribution in [0.5, 0.6) is 0 Å². The summed E-state index contributed by atoms with van der Waals surface area (Å²) in [5.74, 6) is 0.806. The molecule has 1 aromatic rings. The van der Waals surface area contributed by atoms with Gasteiger partial charge in [-0.3, -0.25) is 4.79 Å². The average molecular weight is 375 g/mol. The number of rotatable bonds is 7. The molecule has 0 unspecified atom stereocenters. The van der Waals surface area contributed by atoms with Gasteiger partial charge in [0.1, 0.15) is 0 Å². The van der Waals surface area contributed by atoms with E-state index in [-0.39, 0.29) is 5.12 Å². The zero-order valence-corrected chi connectivity index (χ0v) is 12.9. The predicted octanol–water partition coefficient (Wildman–Crippen LogP) is 4.18. The van der Waals surface area contributed by atoms with E-state index in [1.807, 2.05) is 12.1 Å². The number of hydrogen-bond donors (Lipinski definition) is 0. The van der Waals surface area contributed by atoms with Crippen LogP contribution in [0.25, 0.3) is 10.4 Å². The quantitative estimate of drug-likeness (QED) is 0.236. The highest BCUT2D eigenvalue weighted by molar-refractivity contribution is 14.1. The number of azide groups is 1. The van der Waals surface area contributed by atoms with Crippen molar-refractivity contribution in [2.45, 2.75) is 19.3 Å². The fraction of sp³-hybridized carbons (Fsp3) is 0.417. The molecule has 6 heteroatoms. The first-order valence-electron chi connectivity index (χ1n) is 5.64. The van der Waals surface area contributed by atoms with Crippen molar-refractivity contribution in [1.82, 2.24) is 0 Å². The summed E-state index contributed by atoms with van der Waals surface area (Å²) < 4.78 is 1.24. The van der Waals surface area contributed by atoms with Gasteiger partial charge in [-0.05, 0) is 52.6 Å². The Morgan fingerprint density at radius 2 is 2.22 bits per heavy atom. The van der Waals surface area contributed by atoms with Gasteiger partial charge in [0.15, 0.2) is 5.12 Å². The maximum atomic E-state index is 11.5. The third-order valence-corrected chi connectivity index (χ3v) is 4.28. The minimum absolute atomic E-state index is 0.175. The molecule has 0 amide bonds. The van der Waals surface area contributed by atoms with E-state index in [4.69, 9.17) is 5.53 Å². The average Bonchev–Trinajstić information content (AvgIpc) is 2.37. The Hall–Kier alpha value is -0.720. The second-order valence-electron chi connectivity index (χ2n) is 3.62. The number of benzene rings is 1. The van der Waals surface area contributed by atoms with Crippen molar-refractivity contribution in [3.05, 3.63) is 43.8 Å². The van der Waals surface area contributed by atoms with Gasteiger partial charge in [0.25, 0.3) is 0 Å². The lowest BCUT2D eigenvalue weighted by Crippen LogP contribution is -1.98. The number of nitrogens with zero attached hydrogens (tertiary/aromatic N) is 3. The van der Waals surface area contributed by atoms with Gasteiger partial charge in [-0.25, -0.2) is 0 Å². The topological polar surface area (TPSA) is 65.8 Å². The lowest BCUT2D eigenvalue weighted by atomic mass is 10.2. The van der Waals surface area contributed by atoms with Gasteiger partial charge in [0.05, 0.1) is 0 Å². The third kappa shape index (κ3) is 6.28. The molecule has 4 nitrogen and oxygen atoms in total. The van der Waals surface area contributed by atoms with Gasteiger partial charge >= 0.3 is 0 Å². The Bertz CT molecular complexity index is 447. The molecule has 0 bridgehead atoms. The van der Waals surface area contributed by atoms with Gasteiger partial charge in [-0.15, -0.1) is 0 Å². The van der Waals surface area contributed by atoms with E-state index >= 15 is 0 Å². The van der Waals surface area contributed by atoms with E-state index in [2.05, 4.69) is 44.7 Å². The third-order valence-electron chi connectivity index (χ3n) is 2.29. The lowest BCUT2D eigenvalue weighted by molar-refractivity contribution is -0.111. The van der Waals surface area contributed by atoms with Crippen LogP contribution in [0.2, 0.25) is 0 Å². The second-order valence-corrected chi connectivity index (χ2v) is 5.93. The normalized spacial score (nSPS) is 9.83. The van der Waals surface area contributed by atoms with E-state index in [9.17, 15) is 4.79 Å². The van der Waals surface area contributed by atoms with Crippen LogP contribution in [-0.2, 0) is 11.2 Å². The lowest BCUT2D eigenvalue weighted by Gasteiger charge is -2.03. The molecule has 0 spiro atoms. The molecule has 0 saturated carbocycles. The summed E-state index contributed by atoms with van der Waals surface area (Å²) in [4.78, 5) is 14.2. The number of aryl methyl sites for hydroxylation is 1. The highest BCUT2D eigenvalue weighted by atomic mass is 127. The van der Waals surface area contributed by atoms with E-state index in [0.29, 0.717) is 19.4 Å². The Morgan fingerprint density at radius 1 is 1.44 bits per heavy atom. The molecule has 0 aliphatic rings. The summed E-state index contributed by atoms with van der Waals surface area (Å²) >= 11 is 3.67. The number of thioether (sulfide) groups is 1. The van der Waals surface area contributed by atoms with Crippen LogP contribution in [-0.4, -0.2) is 17.4 Å². The first-order valence-corrected chi connectivity index (χ1v) is 7.70. The molecule has 0 aliphatic carbocycles. The van der Waals surface area contributed by atoms with Crippen molar-refractivity contribution in [3.63, 3.8) is 0 Å². The summed E-state index contributed by atoms with van der Waals surface area (Å²) in [6.45, 7) is 0.402. The molecule has 0 atom stereocenters. The molecule has 1 aromatic carbocycles. The number of halogens is 1. The molecule has 0 aliphatic heterocycles. The van der Waals surface area contributed by atoms with Crippen LogP contribution in [0, 0.1) is 3.57 Å². The van der Waals surface area contributed by atoms with Gasteiger partial charge in [0, 0.05) is 27.2 Å².